The van der Waals surface area contributed by atoms with Crippen molar-refractivity contribution >= 4 is 62.7 Å². The van der Waals surface area contributed by atoms with Gasteiger partial charge in [-0.15, -0.1) is 0 Å². The van der Waals surface area contributed by atoms with Gasteiger partial charge in [0.2, 0.25) is 17.1 Å². The first-order chi connectivity index (χ1) is 24.7. The standard InChI is InChI=1S/C36H41F3N8O5.ClH/c1-47-29-19-23(40)12-14-26(29)25-15-13-24(45-34(51)36(37,38)39)20-27(25)31(47)21-8-6-9-22(18-21)32(49)43-16-5-3-4-11-30(48)46-28(33(50)52-2)10-7-17-44-35(41)42;/h6,8-9,12-15,18-20,28,40H,3-5,7,10-11,16-17H2,1-2H3,(H7,41,42,43,44,45,46,48,49,51);1H. The number of nitrogens with one attached hydrogen (secondary N) is 3. The number of rotatable bonds is 15. The second-order valence-electron chi connectivity index (χ2n) is 12.1. The Labute approximate surface area is 309 Å². The number of alkyl halides is 3. The molecule has 3 aromatic carbocycles. The van der Waals surface area contributed by atoms with E-state index in [9.17, 15) is 32.3 Å². The molecule has 284 valence electrons. The van der Waals surface area contributed by atoms with Crippen molar-refractivity contribution in [2.75, 3.05) is 31.2 Å². The number of nitrogens with two attached hydrogens (primary N) is 3. The van der Waals surface area contributed by atoms with Crippen molar-refractivity contribution in [3.63, 3.8) is 0 Å². The topological polar surface area (TPSA) is 208 Å². The molecule has 1 atom stereocenters. The number of esters is 1. The molecule has 0 saturated carbocycles. The van der Waals surface area contributed by atoms with Crippen molar-refractivity contribution < 1.29 is 54.1 Å². The van der Waals surface area contributed by atoms with E-state index in [0.717, 1.165) is 10.9 Å². The minimum Gasteiger partial charge on any atom is -1.00 e. The summed E-state index contributed by atoms with van der Waals surface area (Å²) in [6.45, 7) is 0.654. The first-order valence-corrected chi connectivity index (χ1v) is 16.5. The maximum absolute atomic E-state index is 13.2. The minimum atomic E-state index is -5.06. The fourth-order valence-corrected chi connectivity index (χ4v) is 5.82. The number of halogens is 4. The zero-order valence-electron chi connectivity index (χ0n) is 29.2. The van der Waals surface area contributed by atoms with Gasteiger partial charge in [-0.25, -0.2) is 4.79 Å². The quantitative estimate of drug-likeness (QED) is 0.0192. The highest BCUT2D eigenvalue weighted by molar-refractivity contribution is 6.11. The number of carbonyl (C=O) groups is 4. The molecule has 0 aliphatic heterocycles. The van der Waals surface area contributed by atoms with E-state index in [1.807, 2.05) is 16.0 Å². The van der Waals surface area contributed by atoms with Gasteiger partial charge in [-0.05, 0) is 68.1 Å². The normalized spacial score (nSPS) is 11.6. The molecule has 1 aromatic heterocycles. The smallest absolute Gasteiger partial charge is 0.471 e. The van der Waals surface area contributed by atoms with E-state index in [2.05, 4.69) is 15.6 Å². The SMILES string of the molecule is COC(=O)C(CCCN=C(N)N)NC(=O)CCCCCNC(=O)c1cccc(-c2c3cc(NC(=O)C(F)(F)F)ccc3c3ccc(N)cc3[n+]2C)c1.[Cl-]. The molecule has 0 spiro atoms. The second kappa shape index (κ2) is 18.7. The van der Waals surface area contributed by atoms with E-state index in [-0.39, 0.29) is 42.3 Å². The summed E-state index contributed by atoms with van der Waals surface area (Å²) in [5, 5.41) is 9.53. The van der Waals surface area contributed by atoms with E-state index in [4.69, 9.17) is 21.9 Å². The zero-order chi connectivity index (χ0) is 38.0. The van der Waals surface area contributed by atoms with Crippen LogP contribution in [0.25, 0.3) is 32.9 Å². The average molecular weight is 759 g/mol. The van der Waals surface area contributed by atoms with E-state index in [0.29, 0.717) is 78.5 Å². The molecule has 0 saturated heterocycles. The molecule has 1 heterocycles. The lowest BCUT2D eigenvalue weighted by Crippen LogP contribution is -3.00. The number of pyridine rings is 1. The number of guanidine groups is 1. The molecule has 0 aliphatic carbocycles. The Morgan fingerprint density at radius 3 is 2.36 bits per heavy atom. The molecular weight excluding hydrogens is 717 g/mol. The number of aryl methyl sites for hydroxylation is 1. The number of aromatic nitrogens is 1. The Bertz CT molecular complexity index is 2000. The molecule has 53 heavy (non-hydrogen) atoms. The van der Waals surface area contributed by atoms with Gasteiger partial charge in [-0.2, -0.15) is 17.7 Å². The number of methoxy groups -OCH3 is 1. The van der Waals surface area contributed by atoms with Crippen molar-refractivity contribution in [1.82, 2.24) is 10.6 Å². The van der Waals surface area contributed by atoms with Crippen molar-refractivity contribution in [3.8, 4) is 11.3 Å². The Kier molecular flexibility index (Phi) is 14.8. The number of fused-ring (bicyclic) bond motifs is 3. The number of ether oxygens (including phenoxy) is 1. The van der Waals surface area contributed by atoms with Crippen LogP contribution >= 0.6 is 0 Å². The molecule has 9 N–H and O–H groups in total. The van der Waals surface area contributed by atoms with Crippen LogP contribution in [0.1, 0.15) is 48.9 Å². The first-order valence-electron chi connectivity index (χ1n) is 16.5. The highest BCUT2D eigenvalue weighted by atomic mass is 35.5. The number of benzene rings is 3. The van der Waals surface area contributed by atoms with Gasteiger partial charge >= 0.3 is 18.1 Å². The van der Waals surface area contributed by atoms with Gasteiger partial charge in [0, 0.05) is 53.5 Å². The lowest BCUT2D eigenvalue weighted by Gasteiger charge is -2.16. The van der Waals surface area contributed by atoms with E-state index in [1.54, 1.807) is 49.5 Å². The van der Waals surface area contributed by atoms with Crippen molar-refractivity contribution in [2.24, 2.45) is 23.5 Å². The molecule has 0 bridgehead atoms. The highest BCUT2D eigenvalue weighted by Crippen LogP contribution is 2.34. The summed E-state index contributed by atoms with van der Waals surface area (Å²) in [5.41, 5.74) is 19.5. The number of carbonyl (C=O) groups excluding carboxylic acids is 4. The van der Waals surface area contributed by atoms with Gasteiger partial charge in [0.1, 0.15) is 13.1 Å². The summed E-state index contributed by atoms with van der Waals surface area (Å²) in [4.78, 5) is 53.3. The summed E-state index contributed by atoms with van der Waals surface area (Å²) in [6.07, 6.45) is -2.34. The molecule has 1 unspecified atom stereocenters. The molecule has 0 fully saturated rings. The Morgan fingerprint density at radius 1 is 0.925 bits per heavy atom. The van der Waals surface area contributed by atoms with Crippen molar-refractivity contribution in [1.29, 1.82) is 0 Å². The summed E-state index contributed by atoms with van der Waals surface area (Å²) < 4.78 is 45.7. The zero-order valence-corrected chi connectivity index (χ0v) is 29.9. The lowest BCUT2D eigenvalue weighted by atomic mass is 9.97. The fraction of sp³-hybridized carbons (Fsp3) is 0.333. The monoisotopic (exact) mass is 758 g/mol. The van der Waals surface area contributed by atoms with Crippen LogP contribution in [0.4, 0.5) is 24.5 Å². The number of hydrogen-bond donors (Lipinski definition) is 6. The predicted octanol–water partition coefficient (Wildman–Crippen LogP) is 0.573. The van der Waals surface area contributed by atoms with E-state index >= 15 is 0 Å². The van der Waals surface area contributed by atoms with Gasteiger partial charge in [0.25, 0.3) is 5.91 Å². The molecule has 17 heteroatoms. The van der Waals surface area contributed by atoms with Crippen molar-refractivity contribution in [2.45, 2.75) is 50.7 Å². The summed E-state index contributed by atoms with van der Waals surface area (Å²) in [5.74, 6) is -3.34. The molecule has 4 aromatic rings. The van der Waals surface area contributed by atoms with Crippen LogP contribution in [0.15, 0.2) is 65.7 Å². The predicted molar refractivity (Wildman–Crippen MR) is 192 cm³/mol. The first kappa shape index (κ1) is 41.8. The number of amides is 3. The lowest BCUT2D eigenvalue weighted by molar-refractivity contribution is -0.632. The summed E-state index contributed by atoms with van der Waals surface area (Å²) in [7, 11) is 3.03. The van der Waals surface area contributed by atoms with Crippen LogP contribution in [0.2, 0.25) is 0 Å². The Morgan fingerprint density at radius 2 is 1.66 bits per heavy atom. The summed E-state index contributed by atoms with van der Waals surface area (Å²) >= 11 is 0. The van der Waals surface area contributed by atoms with Gasteiger partial charge in [0.05, 0.1) is 17.9 Å². The van der Waals surface area contributed by atoms with Crippen LogP contribution in [0, 0.1) is 0 Å². The van der Waals surface area contributed by atoms with Crippen molar-refractivity contribution in [3.05, 3.63) is 66.2 Å². The largest absolute Gasteiger partial charge is 1.00 e. The van der Waals surface area contributed by atoms with Crippen LogP contribution in [-0.4, -0.2) is 62.1 Å². The van der Waals surface area contributed by atoms with Gasteiger partial charge in [-0.1, -0.05) is 18.6 Å². The van der Waals surface area contributed by atoms with E-state index < -0.39 is 24.1 Å². The molecule has 3 amide bonds. The van der Waals surface area contributed by atoms with E-state index in [1.165, 1.54) is 19.2 Å². The Hall–Kier alpha value is -5.64. The van der Waals surface area contributed by atoms with Gasteiger partial charge in [0.15, 0.2) is 5.96 Å². The second-order valence-corrected chi connectivity index (χ2v) is 12.1. The van der Waals surface area contributed by atoms with Gasteiger partial charge in [-0.3, -0.25) is 19.4 Å². The van der Waals surface area contributed by atoms with Gasteiger partial charge < -0.3 is 50.3 Å². The number of unbranched alkanes of at least 4 members (excludes halogenated alkanes) is 2. The maximum Gasteiger partial charge on any atom is 0.471 e. The third kappa shape index (κ3) is 11.2. The number of anilines is 2. The molecule has 4 rings (SSSR count). The minimum absolute atomic E-state index is 0. The van der Waals surface area contributed by atoms with Crippen LogP contribution in [0.5, 0.6) is 0 Å². The third-order valence-electron chi connectivity index (χ3n) is 8.33. The van der Waals surface area contributed by atoms with Crippen LogP contribution in [-0.2, 0) is 26.2 Å². The highest BCUT2D eigenvalue weighted by Gasteiger charge is 2.38. The van der Waals surface area contributed by atoms with Crippen LogP contribution in [0.3, 0.4) is 0 Å². The molecule has 0 radical (unpaired) electrons. The number of aliphatic imine (C=N–C) groups is 1. The fourth-order valence-electron chi connectivity index (χ4n) is 5.82. The number of nitrogens with zero attached hydrogens (tertiary/aromatic N) is 2. The number of nitrogen functional groups attached to an aromatic ring is 1. The molecule has 0 aliphatic rings. The molecule has 13 nitrogen and oxygen atoms in total. The summed E-state index contributed by atoms with van der Waals surface area (Å²) in [6, 6.07) is 15.8. The van der Waals surface area contributed by atoms with Crippen LogP contribution < -0.4 is 50.1 Å². The average Bonchev–Trinajstić information content (AvgIpc) is 3.10. The maximum atomic E-state index is 13.2. The number of hydrogen-bond acceptors (Lipinski definition) is 7. The third-order valence-corrected chi connectivity index (χ3v) is 8.33. The Balaban J connectivity index is 0.00000756. The molecular formula is C36H42ClF3N8O5.